The first-order valence-electron chi connectivity index (χ1n) is 7.83. The molecular formula is C16H15Cl3N2O4S2. The lowest BCUT2D eigenvalue weighted by molar-refractivity contribution is 0.273. The first kappa shape index (κ1) is 20.9. The van der Waals surface area contributed by atoms with Crippen molar-refractivity contribution < 1.29 is 16.8 Å². The fourth-order valence-corrected chi connectivity index (χ4v) is 6.83. The molecule has 27 heavy (non-hydrogen) atoms. The number of hydrogen-bond donors (Lipinski definition) is 0. The van der Waals surface area contributed by atoms with Gasteiger partial charge >= 0.3 is 0 Å². The molecule has 6 nitrogen and oxygen atoms in total. The van der Waals surface area contributed by atoms with Gasteiger partial charge in [0, 0.05) is 36.2 Å². The lowest BCUT2D eigenvalue weighted by Crippen LogP contribution is -2.50. The lowest BCUT2D eigenvalue weighted by atomic mass is 10.4. The maximum Gasteiger partial charge on any atom is 0.244 e. The quantitative estimate of drug-likeness (QED) is 0.688. The van der Waals surface area contributed by atoms with Crippen LogP contribution in [0.15, 0.2) is 52.3 Å². The van der Waals surface area contributed by atoms with Gasteiger partial charge in [-0.15, -0.1) is 0 Å². The van der Waals surface area contributed by atoms with E-state index in [-0.39, 0.29) is 51.0 Å². The third kappa shape index (κ3) is 4.27. The van der Waals surface area contributed by atoms with Crippen LogP contribution in [0.3, 0.4) is 0 Å². The minimum atomic E-state index is -3.83. The Kier molecular flexibility index (Phi) is 6.08. The zero-order valence-corrected chi connectivity index (χ0v) is 17.7. The van der Waals surface area contributed by atoms with Crippen LogP contribution >= 0.6 is 34.8 Å². The van der Waals surface area contributed by atoms with Gasteiger partial charge in [-0.3, -0.25) is 0 Å². The molecule has 0 bridgehead atoms. The molecule has 0 unspecified atom stereocenters. The predicted octanol–water partition coefficient (Wildman–Crippen LogP) is 3.34. The Morgan fingerprint density at radius 1 is 0.704 bits per heavy atom. The molecule has 2 aromatic carbocycles. The van der Waals surface area contributed by atoms with Gasteiger partial charge in [0.25, 0.3) is 0 Å². The number of hydrogen-bond acceptors (Lipinski definition) is 4. The van der Waals surface area contributed by atoms with Crippen LogP contribution < -0.4 is 0 Å². The van der Waals surface area contributed by atoms with Crippen LogP contribution in [0.1, 0.15) is 0 Å². The summed E-state index contributed by atoms with van der Waals surface area (Å²) >= 11 is 17.8. The van der Waals surface area contributed by atoms with Crippen LogP contribution in [0.25, 0.3) is 0 Å². The van der Waals surface area contributed by atoms with Crippen molar-refractivity contribution in [2.45, 2.75) is 9.79 Å². The highest BCUT2D eigenvalue weighted by molar-refractivity contribution is 7.89. The smallest absolute Gasteiger partial charge is 0.207 e. The Labute approximate surface area is 173 Å². The molecule has 1 saturated heterocycles. The maximum absolute atomic E-state index is 12.8. The molecule has 0 atom stereocenters. The van der Waals surface area contributed by atoms with Crippen LogP contribution in [0.2, 0.25) is 15.1 Å². The molecule has 0 spiro atoms. The van der Waals surface area contributed by atoms with Crippen LogP contribution in [-0.4, -0.2) is 51.6 Å². The first-order valence-corrected chi connectivity index (χ1v) is 11.8. The highest BCUT2D eigenvalue weighted by atomic mass is 35.5. The van der Waals surface area contributed by atoms with E-state index in [1.165, 1.54) is 38.9 Å². The summed E-state index contributed by atoms with van der Waals surface area (Å²) in [5.74, 6) is 0. The van der Waals surface area contributed by atoms with Crippen molar-refractivity contribution in [3.8, 4) is 0 Å². The topological polar surface area (TPSA) is 74.8 Å². The number of benzene rings is 2. The molecule has 0 aliphatic carbocycles. The van der Waals surface area contributed by atoms with Gasteiger partial charge in [0.2, 0.25) is 20.0 Å². The van der Waals surface area contributed by atoms with Crippen LogP contribution in [0.5, 0.6) is 0 Å². The molecule has 0 saturated carbocycles. The summed E-state index contributed by atoms with van der Waals surface area (Å²) < 4.78 is 53.6. The minimum Gasteiger partial charge on any atom is -0.207 e. The average molecular weight is 470 g/mol. The standard InChI is InChI=1S/C16H15Cl3N2O4S2/c17-12-9-13(18)11-14(10-12)26(22,23)20-5-7-21(8-6-20)27(24,25)16-4-2-1-3-15(16)19/h1-4,9-11H,5-8H2. The minimum absolute atomic E-state index is 0.00426. The number of rotatable bonds is 4. The van der Waals surface area contributed by atoms with Gasteiger partial charge in [-0.1, -0.05) is 46.9 Å². The molecule has 1 aliphatic rings. The van der Waals surface area contributed by atoms with Gasteiger partial charge in [-0.05, 0) is 30.3 Å². The lowest BCUT2D eigenvalue weighted by Gasteiger charge is -2.33. The average Bonchev–Trinajstić information content (AvgIpc) is 2.61. The zero-order chi connectivity index (χ0) is 19.8. The van der Waals surface area contributed by atoms with Gasteiger partial charge in [0.1, 0.15) is 4.90 Å². The number of sulfonamides is 2. The molecule has 0 amide bonds. The molecule has 0 N–H and O–H groups in total. The van der Waals surface area contributed by atoms with Gasteiger partial charge in [-0.25, -0.2) is 16.8 Å². The van der Waals surface area contributed by atoms with Gasteiger partial charge in [0.05, 0.1) is 9.92 Å². The van der Waals surface area contributed by atoms with Gasteiger partial charge < -0.3 is 0 Å². The monoisotopic (exact) mass is 468 g/mol. The van der Waals surface area contributed by atoms with E-state index in [1.807, 2.05) is 0 Å². The van der Waals surface area contributed by atoms with Gasteiger partial charge in [-0.2, -0.15) is 8.61 Å². The molecular weight excluding hydrogens is 455 g/mol. The fourth-order valence-electron chi connectivity index (χ4n) is 2.77. The summed E-state index contributed by atoms with van der Waals surface area (Å²) in [6.07, 6.45) is 0. The molecule has 3 rings (SSSR count). The highest BCUT2D eigenvalue weighted by Crippen LogP contribution is 2.28. The summed E-state index contributed by atoms with van der Waals surface area (Å²) in [5, 5.41) is 0.545. The molecule has 0 radical (unpaired) electrons. The normalized spacial score (nSPS) is 17.1. The molecule has 0 aromatic heterocycles. The Balaban J connectivity index is 1.80. The fraction of sp³-hybridized carbons (Fsp3) is 0.250. The van der Waals surface area contributed by atoms with Crippen molar-refractivity contribution in [2.75, 3.05) is 26.2 Å². The molecule has 2 aromatic rings. The summed E-state index contributed by atoms with van der Waals surface area (Å²) in [6.45, 7) is 0.0501. The van der Waals surface area contributed by atoms with Crippen molar-refractivity contribution in [3.63, 3.8) is 0 Å². The van der Waals surface area contributed by atoms with E-state index in [4.69, 9.17) is 34.8 Å². The summed E-state index contributed by atoms with van der Waals surface area (Å²) in [4.78, 5) is -0.0213. The van der Waals surface area contributed by atoms with E-state index in [9.17, 15) is 16.8 Å². The number of halogens is 3. The third-order valence-corrected chi connectivity index (χ3v) is 8.84. The Hall–Kier alpha value is -0.870. The number of nitrogens with zero attached hydrogens (tertiary/aromatic N) is 2. The molecule has 1 fully saturated rings. The molecule has 11 heteroatoms. The number of piperazine rings is 1. The molecule has 1 aliphatic heterocycles. The summed E-state index contributed by atoms with van der Waals surface area (Å²) in [7, 11) is -7.63. The Bertz CT molecular complexity index is 1050. The van der Waals surface area contributed by atoms with Crippen molar-refractivity contribution in [3.05, 3.63) is 57.5 Å². The SMILES string of the molecule is O=S(=O)(c1cc(Cl)cc(Cl)c1)N1CCN(S(=O)(=O)c2ccccc2Cl)CC1. The Morgan fingerprint density at radius 2 is 1.19 bits per heavy atom. The van der Waals surface area contributed by atoms with Crippen LogP contribution in [0.4, 0.5) is 0 Å². The van der Waals surface area contributed by atoms with E-state index >= 15 is 0 Å². The largest absolute Gasteiger partial charge is 0.244 e. The van der Waals surface area contributed by atoms with Crippen LogP contribution in [-0.2, 0) is 20.0 Å². The summed E-state index contributed by atoms with van der Waals surface area (Å²) in [5.41, 5.74) is 0. The van der Waals surface area contributed by atoms with E-state index in [2.05, 4.69) is 0 Å². The van der Waals surface area contributed by atoms with Gasteiger partial charge in [0.15, 0.2) is 0 Å². The zero-order valence-electron chi connectivity index (χ0n) is 13.8. The second-order valence-electron chi connectivity index (χ2n) is 5.84. The maximum atomic E-state index is 12.8. The van der Waals surface area contributed by atoms with E-state index in [1.54, 1.807) is 12.1 Å². The van der Waals surface area contributed by atoms with Crippen molar-refractivity contribution in [1.82, 2.24) is 8.61 Å². The third-order valence-electron chi connectivity index (χ3n) is 4.13. The van der Waals surface area contributed by atoms with E-state index in [0.29, 0.717) is 0 Å². The predicted molar refractivity (Wildman–Crippen MR) is 105 cm³/mol. The van der Waals surface area contributed by atoms with E-state index < -0.39 is 20.0 Å². The molecule has 146 valence electrons. The second kappa shape index (κ2) is 7.87. The second-order valence-corrected chi connectivity index (χ2v) is 11.0. The van der Waals surface area contributed by atoms with Crippen molar-refractivity contribution >= 4 is 54.8 Å². The van der Waals surface area contributed by atoms with Crippen molar-refractivity contribution in [2.24, 2.45) is 0 Å². The Morgan fingerprint density at radius 3 is 1.70 bits per heavy atom. The summed E-state index contributed by atoms with van der Waals surface area (Å²) in [6, 6.07) is 10.2. The van der Waals surface area contributed by atoms with Crippen LogP contribution in [0, 0.1) is 0 Å². The highest BCUT2D eigenvalue weighted by Gasteiger charge is 2.34. The molecule has 1 heterocycles. The van der Waals surface area contributed by atoms with Crippen molar-refractivity contribution in [1.29, 1.82) is 0 Å². The van der Waals surface area contributed by atoms with E-state index in [0.717, 1.165) is 0 Å². The first-order chi connectivity index (χ1) is 12.6.